The van der Waals surface area contributed by atoms with Crippen LogP contribution in [0.25, 0.3) is 0 Å². The van der Waals surface area contributed by atoms with Crippen molar-refractivity contribution in [3.05, 3.63) is 53.6 Å². The van der Waals surface area contributed by atoms with Gasteiger partial charge >= 0.3 is 0 Å². The maximum Gasteiger partial charge on any atom is 0.243 e. The summed E-state index contributed by atoms with van der Waals surface area (Å²) < 4.78 is 26.8. The number of hydrogen-bond donors (Lipinski definition) is 2. The number of nitrogens with one attached hydrogen (secondary N) is 1. The molecule has 2 N–H and O–H groups in total. The summed E-state index contributed by atoms with van der Waals surface area (Å²) in [5.41, 5.74) is 2.49. The van der Waals surface area contributed by atoms with Crippen molar-refractivity contribution in [3.8, 4) is 5.75 Å². The Morgan fingerprint density at radius 2 is 1.79 bits per heavy atom. The summed E-state index contributed by atoms with van der Waals surface area (Å²) in [5, 5.41) is 12.7. The SMILES string of the molecule is Cc1ccc(CCCC(=O)Nc2cc(S(=O)(=O)N3CCCC3)ccc2O)cc1. The van der Waals surface area contributed by atoms with E-state index in [0.29, 0.717) is 19.5 Å². The number of carbonyl (C=O) groups excluding carboxylic acids is 1. The minimum absolute atomic E-state index is 0.0853. The normalized spacial score (nSPS) is 14.9. The van der Waals surface area contributed by atoms with E-state index >= 15 is 0 Å². The summed E-state index contributed by atoms with van der Waals surface area (Å²) in [6.45, 7) is 3.04. The first-order chi connectivity index (χ1) is 13.4. The number of nitrogens with zero attached hydrogens (tertiary/aromatic N) is 1. The molecule has 0 unspecified atom stereocenters. The molecule has 3 rings (SSSR count). The van der Waals surface area contributed by atoms with Gasteiger partial charge in [-0.3, -0.25) is 4.79 Å². The lowest BCUT2D eigenvalue weighted by atomic mass is 10.1. The highest BCUT2D eigenvalue weighted by atomic mass is 32.2. The molecule has 1 amide bonds. The van der Waals surface area contributed by atoms with Gasteiger partial charge in [0.05, 0.1) is 10.6 Å². The standard InChI is InChI=1S/C21H26N2O4S/c1-16-7-9-17(10-8-16)5-4-6-21(25)22-19-15-18(11-12-20(19)24)28(26,27)23-13-2-3-14-23/h7-12,15,24H,2-6,13-14H2,1H3,(H,22,25). The van der Waals surface area contributed by atoms with E-state index in [4.69, 9.17) is 0 Å². The Morgan fingerprint density at radius 3 is 2.46 bits per heavy atom. The zero-order chi connectivity index (χ0) is 20.1. The van der Waals surface area contributed by atoms with Crippen LogP contribution in [0.5, 0.6) is 5.75 Å². The van der Waals surface area contributed by atoms with Gasteiger partial charge in [0.2, 0.25) is 15.9 Å². The van der Waals surface area contributed by atoms with Crippen LogP contribution in [0.1, 0.15) is 36.8 Å². The van der Waals surface area contributed by atoms with Crippen LogP contribution in [0.15, 0.2) is 47.4 Å². The molecule has 2 aromatic carbocycles. The van der Waals surface area contributed by atoms with Crippen molar-refractivity contribution < 1.29 is 18.3 Å². The van der Waals surface area contributed by atoms with Crippen molar-refractivity contribution in [2.75, 3.05) is 18.4 Å². The molecule has 0 bridgehead atoms. The van der Waals surface area contributed by atoms with Crippen LogP contribution in [0, 0.1) is 6.92 Å². The van der Waals surface area contributed by atoms with Crippen LogP contribution in [0.4, 0.5) is 5.69 Å². The molecule has 0 atom stereocenters. The van der Waals surface area contributed by atoms with Crippen LogP contribution in [-0.4, -0.2) is 36.8 Å². The van der Waals surface area contributed by atoms with Crippen molar-refractivity contribution in [3.63, 3.8) is 0 Å². The van der Waals surface area contributed by atoms with Crippen molar-refractivity contribution in [2.24, 2.45) is 0 Å². The molecule has 0 aromatic heterocycles. The second kappa shape index (κ2) is 8.75. The third-order valence-corrected chi connectivity index (χ3v) is 6.83. The van der Waals surface area contributed by atoms with Gasteiger partial charge in [-0.2, -0.15) is 4.31 Å². The number of amides is 1. The quantitative estimate of drug-likeness (QED) is 0.695. The number of aromatic hydroxyl groups is 1. The summed E-state index contributed by atoms with van der Waals surface area (Å²) >= 11 is 0. The predicted molar refractivity (Wildman–Crippen MR) is 109 cm³/mol. The van der Waals surface area contributed by atoms with Gasteiger partial charge in [0.15, 0.2) is 0 Å². The number of aryl methyl sites for hydroxylation is 2. The molecule has 7 heteroatoms. The second-order valence-electron chi connectivity index (χ2n) is 7.18. The van der Waals surface area contributed by atoms with Gasteiger partial charge in [0.1, 0.15) is 5.75 Å². The molecule has 28 heavy (non-hydrogen) atoms. The molecule has 1 heterocycles. The van der Waals surface area contributed by atoms with Gasteiger partial charge in [0.25, 0.3) is 0 Å². The van der Waals surface area contributed by atoms with Crippen molar-refractivity contribution >= 4 is 21.6 Å². The second-order valence-corrected chi connectivity index (χ2v) is 9.12. The lowest BCUT2D eigenvalue weighted by Crippen LogP contribution is -2.28. The van der Waals surface area contributed by atoms with Crippen molar-refractivity contribution in [1.29, 1.82) is 0 Å². The Morgan fingerprint density at radius 1 is 1.11 bits per heavy atom. The van der Waals surface area contributed by atoms with E-state index in [1.165, 1.54) is 33.6 Å². The van der Waals surface area contributed by atoms with E-state index in [2.05, 4.69) is 5.32 Å². The molecule has 0 saturated carbocycles. The first-order valence-electron chi connectivity index (χ1n) is 9.55. The minimum atomic E-state index is -3.60. The van der Waals surface area contributed by atoms with E-state index in [1.807, 2.05) is 31.2 Å². The van der Waals surface area contributed by atoms with Crippen molar-refractivity contribution in [1.82, 2.24) is 4.31 Å². The summed E-state index contributed by atoms with van der Waals surface area (Å²) in [6, 6.07) is 12.2. The molecular weight excluding hydrogens is 376 g/mol. The van der Waals surface area contributed by atoms with E-state index in [1.54, 1.807) is 0 Å². The molecule has 1 aliphatic rings. The molecule has 1 aliphatic heterocycles. The highest BCUT2D eigenvalue weighted by Crippen LogP contribution is 2.29. The Balaban J connectivity index is 1.61. The first kappa shape index (κ1) is 20.4. The van der Waals surface area contributed by atoms with Crippen LogP contribution in [0.3, 0.4) is 0 Å². The Kier molecular flexibility index (Phi) is 6.36. The van der Waals surface area contributed by atoms with Crippen LogP contribution in [0.2, 0.25) is 0 Å². The zero-order valence-corrected chi connectivity index (χ0v) is 16.8. The summed E-state index contributed by atoms with van der Waals surface area (Å²) in [7, 11) is -3.60. The summed E-state index contributed by atoms with van der Waals surface area (Å²) in [4.78, 5) is 12.3. The van der Waals surface area contributed by atoms with Crippen LogP contribution in [-0.2, 0) is 21.2 Å². The minimum Gasteiger partial charge on any atom is -0.506 e. The average molecular weight is 403 g/mol. The fourth-order valence-corrected chi connectivity index (χ4v) is 4.82. The Labute approximate surface area is 166 Å². The van der Waals surface area contributed by atoms with E-state index < -0.39 is 10.0 Å². The van der Waals surface area contributed by atoms with Gasteiger partial charge in [-0.15, -0.1) is 0 Å². The molecule has 0 spiro atoms. The molecule has 150 valence electrons. The topological polar surface area (TPSA) is 86.7 Å². The van der Waals surface area contributed by atoms with Gasteiger partial charge < -0.3 is 10.4 Å². The number of anilines is 1. The Bertz CT molecular complexity index is 933. The zero-order valence-electron chi connectivity index (χ0n) is 16.0. The lowest BCUT2D eigenvalue weighted by Gasteiger charge is -2.16. The predicted octanol–water partition coefficient (Wildman–Crippen LogP) is 3.45. The molecule has 1 saturated heterocycles. The monoisotopic (exact) mass is 402 g/mol. The summed E-state index contributed by atoms with van der Waals surface area (Å²) in [5.74, 6) is -0.398. The number of phenolic OH excluding ortho intramolecular Hbond substituents is 1. The highest BCUT2D eigenvalue weighted by molar-refractivity contribution is 7.89. The number of benzene rings is 2. The molecule has 0 aliphatic carbocycles. The number of sulfonamides is 1. The van der Waals surface area contributed by atoms with E-state index in [9.17, 15) is 18.3 Å². The molecular formula is C21H26N2O4S. The number of phenols is 1. The molecule has 1 fully saturated rings. The smallest absolute Gasteiger partial charge is 0.243 e. The first-order valence-corrected chi connectivity index (χ1v) is 11.0. The van der Waals surface area contributed by atoms with Gasteiger partial charge in [-0.1, -0.05) is 29.8 Å². The van der Waals surface area contributed by atoms with Gasteiger partial charge in [0, 0.05) is 19.5 Å². The molecule has 2 aromatic rings. The maximum atomic E-state index is 12.7. The summed E-state index contributed by atoms with van der Waals surface area (Å²) in [6.07, 6.45) is 3.44. The fraction of sp³-hybridized carbons (Fsp3) is 0.381. The largest absolute Gasteiger partial charge is 0.506 e. The van der Waals surface area contributed by atoms with Crippen LogP contribution >= 0.6 is 0 Å². The van der Waals surface area contributed by atoms with E-state index in [0.717, 1.165) is 19.3 Å². The highest BCUT2D eigenvalue weighted by Gasteiger charge is 2.27. The number of rotatable bonds is 7. The number of carbonyl (C=O) groups is 1. The van der Waals surface area contributed by atoms with Gasteiger partial charge in [-0.05, 0) is 56.4 Å². The third kappa shape index (κ3) is 4.91. The average Bonchev–Trinajstić information content (AvgIpc) is 3.21. The number of hydrogen-bond acceptors (Lipinski definition) is 4. The van der Waals surface area contributed by atoms with Gasteiger partial charge in [-0.25, -0.2) is 8.42 Å². The van der Waals surface area contributed by atoms with Crippen LogP contribution < -0.4 is 5.32 Å². The molecule has 6 nitrogen and oxygen atoms in total. The third-order valence-electron chi connectivity index (χ3n) is 4.93. The fourth-order valence-electron chi connectivity index (χ4n) is 3.27. The molecule has 0 radical (unpaired) electrons. The lowest BCUT2D eigenvalue weighted by molar-refractivity contribution is -0.116. The van der Waals surface area contributed by atoms with E-state index in [-0.39, 0.29) is 28.7 Å². The Hall–Kier alpha value is -2.38. The van der Waals surface area contributed by atoms with Crippen molar-refractivity contribution in [2.45, 2.75) is 43.9 Å². The maximum absolute atomic E-state index is 12.7.